The van der Waals surface area contributed by atoms with Gasteiger partial charge in [-0.15, -0.1) is 23.7 Å². The van der Waals surface area contributed by atoms with Crippen molar-refractivity contribution in [2.24, 2.45) is 0 Å². The number of nitrogens with one attached hydrogen (secondary N) is 1. The molecule has 0 aliphatic carbocycles. The highest BCUT2D eigenvalue weighted by Crippen LogP contribution is 2.35. The second kappa shape index (κ2) is 7.46. The van der Waals surface area contributed by atoms with E-state index in [1.54, 1.807) is 0 Å². The van der Waals surface area contributed by atoms with E-state index in [-0.39, 0.29) is 18.0 Å². The molecular formula is C15H16ClF3N2S. The van der Waals surface area contributed by atoms with E-state index in [4.69, 9.17) is 0 Å². The average molecular weight is 349 g/mol. The summed E-state index contributed by atoms with van der Waals surface area (Å²) in [5.74, 6) is -2.55. The van der Waals surface area contributed by atoms with Crippen LogP contribution in [0.4, 0.5) is 13.2 Å². The lowest BCUT2D eigenvalue weighted by molar-refractivity contribution is 0.194. The lowest BCUT2D eigenvalue weighted by Gasteiger charge is -2.35. The molecule has 0 bridgehead atoms. The highest BCUT2D eigenvalue weighted by molar-refractivity contribution is 7.10. The molecule has 1 saturated heterocycles. The molecule has 7 heteroatoms. The van der Waals surface area contributed by atoms with Gasteiger partial charge < -0.3 is 5.32 Å². The fraction of sp³-hybridized carbons (Fsp3) is 0.333. The van der Waals surface area contributed by atoms with E-state index in [9.17, 15) is 13.2 Å². The predicted molar refractivity (Wildman–Crippen MR) is 84.2 cm³/mol. The first-order valence-corrected chi connectivity index (χ1v) is 7.67. The number of rotatable bonds is 3. The first kappa shape index (κ1) is 17.3. The Morgan fingerprint density at radius 2 is 1.73 bits per heavy atom. The van der Waals surface area contributed by atoms with Crippen LogP contribution in [-0.4, -0.2) is 31.1 Å². The summed E-state index contributed by atoms with van der Waals surface area (Å²) < 4.78 is 41.5. The third kappa shape index (κ3) is 3.46. The average Bonchev–Trinajstić information content (AvgIpc) is 2.97. The maximum Gasteiger partial charge on any atom is 0.134 e. The van der Waals surface area contributed by atoms with Gasteiger partial charge in [0.2, 0.25) is 0 Å². The molecule has 1 fully saturated rings. The van der Waals surface area contributed by atoms with Crippen molar-refractivity contribution in [1.82, 2.24) is 10.2 Å². The van der Waals surface area contributed by atoms with Gasteiger partial charge in [-0.3, -0.25) is 4.90 Å². The molecule has 2 nitrogen and oxygen atoms in total. The van der Waals surface area contributed by atoms with E-state index in [1.165, 1.54) is 11.3 Å². The van der Waals surface area contributed by atoms with E-state index in [2.05, 4.69) is 5.32 Å². The van der Waals surface area contributed by atoms with Crippen LogP contribution >= 0.6 is 23.7 Å². The quantitative estimate of drug-likeness (QED) is 0.912. The van der Waals surface area contributed by atoms with Gasteiger partial charge in [0.15, 0.2) is 0 Å². The summed E-state index contributed by atoms with van der Waals surface area (Å²) in [6, 6.07) is 4.71. The number of thiophene rings is 1. The summed E-state index contributed by atoms with van der Waals surface area (Å²) in [4.78, 5) is 2.89. The van der Waals surface area contributed by atoms with Crippen LogP contribution in [0.15, 0.2) is 29.6 Å². The van der Waals surface area contributed by atoms with E-state index in [1.807, 2.05) is 22.4 Å². The van der Waals surface area contributed by atoms with Crippen LogP contribution in [0.1, 0.15) is 16.5 Å². The molecule has 1 N–H and O–H groups in total. The molecule has 1 aromatic heterocycles. The van der Waals surface area contributed by atoms with Crippen molar-refractivity contribution in [3.05, 3.63) is 57.5 Å². The zero-order chi connectivity index (χ0) is 14.8. The second-order valence-corrected chi connectivity index (χ2v) is 5.97. The van der Waals surface area contributed by atoms with Crippen molar-refractivity contribution in [3.63, 3.8) is 0 Å². The minimum absolute atomic E-state index is 0. The van der Waals surface area contributed by atoms with Crippen molar-refractivity contribution < 1.29 is 13.2 Å². The summed E-state index contributed by atoms with van der Waals surface area (Å²) in [6.45, 7) is 2.93. The lowest BCUT2D eigenvalue weighted by Crippen LogP contribution is -2.45. The minimum atomic E-state index is -0.890. The highest BCUT2D eigenvalue weighted by Gasteiger charge is 2.30. The number of piperazine rings is 1. The minimum Gasteiger partial charge on any atom is -0.314 e. The zero-order valence-electron chi connectivity index (χ0n) is 11.7. The second-order valence-electron chi connectivity index (χ2n) is 4.99. The van der Waals surface area contributed by atoms with Crippen molar-refractivity contribution in [3.8, 4) is 0 Å². The largest absolute Gasteiger partial charge is 0.314 e. The zero-order valence-corrected chi connectivity index (χ0v) is 13.3. The molecule has 3 rings (SSSR count). The molecule has 0 radical (unpaired) electrons. The van der Waals surface area contributed by atoms with Gasteiger partial charge in [0.25, 0.3) is 0 Å². The molecule has 1 aliphatic heterocycles. The molecule has 1 aromatic carbocycles. The summed E-state index contributed by atoms with van der Waals surface area (Å²) in [5, 5.41) is 5.10. The standard InChI is InChI=1S/C15H15F3N2S.ClH/c16-10-8-11(17)14(12(18)9-10)15(13-2-1-7-21-13)20-5-3-19-4-6-20;/h1-2,7-9,15,19H,3-6H2;1H/t15-;/m0./s1. The van der Waals surface area contributed by atoms with Crippen molar-refractivity contribution >= 4 is 23.7 Å². The Morgan fingerprint density at radius 1 is 1.09 bits per heavy atom. The molecule has 1 aliphatic rings. The first-order chi connectivity index (χ1) is 10.2. The van der Waals surface area contributed by atoms with E-state index < -0.39 is 23.5 Å². The molecule has 120 valence electrons. The van der Waals surface area contributed by atoms with Crippen LogP contribution in [-0.2, 0) is 0 Å². The van der Waals surface area contributed by atoms with E-state index in [0.717, 1.165) is 30.1 Å². The van der Waals surface area contributed by atoms with Crippen LogP contribution < -0.4 is 5.32 Å². The van der Waals surface area contributed by atoms with Gasteiger partial charge in [-0.05, 0) is 11.4 Å². The van der Waals surface area contributed by atoms with Crippen LogP contribution in [0.5, 0.6) is 0 Å². The number of nitrogens with zero attached hydrogens (tertiary/aromatic N) is 1. The molecule has 0 spiro atoms. The molecule has 1 atom stereocenters. The fourth-order valence-electron chi connectivity index (χ4n) is 2.71. The summed E-state index contributed by atoms with van der Waals surface area (Å²) >= 11 is 1.45. The number of hydrogen-bond donors (Lipinski definition) is 1. The molecule has 2 heterocycles. The Hall–Kier alpha value is -1.08. The van der Waals surface area contributed by atoms with Gasteiger partial charge in [-0.1, -0.05) is 6.07 Å². The van der Waals surface area contributed by atoms with Gasteiger partial charge in [-0.25, -0.2) is 13.2 Å². The molecule has 0 unspecified atom stereocenters. The van der Waals surface area contributed by atoms with E-state index in [0.29, 0.717) is 13.1 Å². The van der Waals surface area contributed by atoms with Gasteiger partial charge in [0.1, 0.15) is 17.5 Å². The van der Waals surface area contributed by atoms with Crippen molar-refractivity contribution in [2.75, 3.05) is 26.2 Å². The summed E-state index contributed by atoms with van der Waals surface area (Å²) in [7, 11) is 0. The topological polar surface area (TPSA) is 15.3 Å². The Morgan fingerprint density at radius 3 is 2.27 bits per heavy atom. The van der Waals surface area contributed by atoms with Crippen LogP contribution in [0.25, 0.3) is 0 Å². The fourth-order valence-corrected chi connectivity index (χ4v) is 3.57. The molecule has 0 amide bonds. The van der Waals surface area contributed by atoms with Gasteiger partial charge in [0.05, 0.1) is 6.04 Å². The number of hydrogen-bond acceptors (Lipinski definition) is 3. The van der Waals surface area contributed by atoms with Gasteiger partial charge >= 0.3 is 0 Å². The summed E-state index contributed by atoms with van der Waals surface area (Å²) in [6.07, 6.45) is 0. The first-order valence-electron chi connectivity index (χ1n) is 6.79. The molecular weight excluding hydrogens is 333 g/mol. The molecule has 0 saturated carbocycles. The SMILES string of the molecule is Cl.Fc1cc(F)c([C@H](c2cccs2)N2CCNCC2)c(F)c1. The van der Waals surface area contributed by atoms with Gasteiger partial charge in [0, 0.05) is 48.8 Å². The maximum atomic E-state index is 14.2. The normalized spacial score (nSPS) is 17.0. The Bertz CT molecular complexity index is 592. The van der Waals surface area contributed by atoms with Crippen LogP contribution in [0.2, 0.25) is 0 Å². The predicted octanol–water partition coefficient (Wildman–Crippen LogP) is 3.58. The van der Waals surface area contributed by atoms with E-state index >= 15 is 0 Å². The number of benzene rings is 1. The Balaban J connectivity index is 0.00000176. The van der Waals surface area contributed by atoms with Gasteiger partial charge in [-0.2, -0.15) is 0 Å². The maximum absolute atomic E-state index is 14.2. The monoisotopic (exact) mass is 348 g/mol. The van der Waals surface area contributed by atoms with Crippen LogP contribution in [0.3, 0.4) is 0 Å². The molecule has 2 aromatic rings. The Kier molecular flexibility index (Phi) is 5.86. The highest BCUT2D eigenvalue weighted by atomic mass is 35.5. The van der Waals surface area contributed by atoms with Crippen molar-refractivity contribution in [2.45, 2.75) is 6.04 Å². The Labute approximate surface area is 137 Å². The lowest BCUT2D eigenvalue weighted by atomic mass is 10.0. The number of halogens is 4. The summed E-state index contributed by atoms with van der Waals surface area (Å²) in [5.41, 5.74) is -0.0688. The molecule has 22 heavy (non-hydrogen) atoms. The third-order valence-corrected chi connectivity index (χ3v) is 4.57. The smallest absolute Gasteiger partial charge is 0.134 e. The third-order valence-electron chi connectivity index (χ3n) is 3.65. The van der Waals surface area contributed by atoms with Crippen molar-refractivity contribution in [1.29, 1.82) is 0 Å². The van der Waals surface area contributed by atoms with Crippen LogP contribution in [0, 0.1) is 17.5 Å².